The number of unbranched alkanes of at least 4 members (excludes halogenated alkanes) is 2. The van der Waals surface area contributed by atoms with Gasteiger partial charge in [0.25, 0.3) is 0 Å². The van der Waals surface area contributed by atoms with Crippen molar-refractivity contribution in [2.45, 2.75) is 38.3 Å². The summed E-state index contributed by atoms with van der Waals surface area (Å²) < 4.78 is 13.2. The smallest absolute Gasteiger partial charge is 0.353 e. The minimum Gasteiger partial charge on any atom is -0.478 e. The van der Waals surface area contributed by atoms with Crippen LogP contribution in [0.25, 0.3) is 0 Å². The summed E-state index contributed by atoms with van der Waals surface area (Å²) >= 11 is 0. The highest BCUT2D eigenvalue weighted by Gasteiger charge is 2.46. The van der Waals surface area contributed by atoms with E-state index in [4.69, 9.17) is 10.2 Å². The van der Waals surface area contributed by atoms with Gasteiger partial charge in [-0.05, 0) is 6.42 Å². The van der Waals surface area contributed by atoms with E-state index in [0.717, 1.165) is 6.42 Å². The summed E-state index contributed by atoms with van der Waals surface area (Å²) in [6.45, 7) is 1.86. The number of halogens is 1. The lowest BCUT2D eigenvalue weighted by Gasteiger charge is -2.14. The molecule has 0 saturated heterocycles. The summed E-state index contributed by atoms with van der Waals surface area (Å²) in [4.78, 5) is 20.6. The van der Waals surface area contributed by atoms with Crippen LogP contribution in [-0.4, -0.2) is 27.8 Å². The Morgan fingerprint density at radius 2 is 1.69 bits per heavy atom. The van der Waals surface area contributed by atoms with E-state index in [0.29, 0.717) is 6.42 Å². The molecular weight excluding hydrogens is 179 g/mol. The van der Waals surface area contributed by atoms with Crippen molar-refractivity contribution in [1.82, 2.24) is 0 Å². The average molecular weight is 192 g/mol. The number of alkyl halides is 1. The predicted octanol–water partition coefficient (Wildman–Crippen LogP) is 1.44. The molecule has 0 aliphatic carbocycles. The molecule has 76 valence electrons. The zero-order chi connectivity index (χ0) is 10.5. The molecule has 0 aromatic rings. The maximum Gasteiger partial charge on any atom is 0.353 e. The van der Waals surface area contributed by atoms with Gasteiger partial charge in [0.2, 0.25) is 0 Å². The summed E-state index contributed by atoms with van der Waals surface area (Å²) in [5.74, 6) is -3.84. The highest BCUT2D eigenvalue weighted by atomic mass is 19.1. The van der Waals surface area contributed by atoms with Crippen molar-refractivity contribution in [2.75, 3.05) is 0 Å². The minimum atomic E-state index is -3.12. The summed E-state index contributed by atoms with van der Waals surface area (Å²) in [5.41, 5.74) is -3.12. The van der Waals surface area contributed by atoms with Crippen LogP contribution in [0.4, 0.5) is 4.39 Å². The molecule has 5 heteroatoms. The predicted molar refractivity (Wildman–Crippen MR) is 43.3 cm³/mol. The van der Waals surface area contributed by atoms with Crippen molar-refractivity contribution in [2.24, 2.45) is 0 Å². The fraction of sp³-hybridized carbons (Fsp3) is 0.750. The third-order valence-electron chi connectivity index (χ3n) is 1.80. The standard InChI is InChI=1S/C8H13FO4/c1-2-3-4-5-8(9,6(10)11)7(12)13/h2-5H2,1H3,(H,10,11)(H,12,13). The first-order valence-corrected chi connectivity index (χ1v) is 4.11. The Balaban J connectivity index is 4.26. The van der Waals surface area contributed by atoms with Gasteiger partial charge in [-0.25, -0.2) is 14.0 Å². The Kier molecular flexibility index (Phi) is 4.37. The quantitative estimate of drug-likeness (QED) is 0.493. The number of carbonyl (C=O) groups is 2. The van der Waals surface area contributed by atoms with Gasteiger partial charge in [-0.2, -0.15) is 0 Å². The second kappa shape index (κ2) is 4.79. The van der Waals surface area contributed by atoms with Crippen LogP contribution in [0.2, 0.25) is 0 Å². The molecule has 0 aromatic heterocycles. The van der Waals surface area contributed by atoms with Gasteiger partial charge in [-0.3, -0.25) is 0 Å². The maximum absolute atomic E-state index is 13.2. The van der Waals surface area contributed by atoms with E-state index in [1.165, 1.54) is 0 Å². The minimum absolute atomic E-state index is 0.269. The van der Waals surface area contributed by atoms with Crippen LogP contribution in [0.15, 0.2) is 0 Å². The monoisotopic (exact) mass is 192 g/mol. The molecule has 0 heterocycles. The van der Waals surface area contributed by atoms with Gasteiger partial charge < -0.3 is 10.2 Å². The van der Waals surface area contributed by atoms with Gasteiger partial charge in [-0.15, -0.1) is 0 Å². The van der Waals surface area contributed by atoms with Crippen molar-refractivity contribution in [1.29, 1.82) is 0 Å². The highest BCUT2D eigenvalue weighted by Crippen LogP contribution is 2.20. The number of aliphatic carboxylic acids is 2. The molecule has 0 saturated carbocycles. The SMILES string of the molecule is CCCCCC(F)(C(=O)O)C(=O)O. The van der Waals surface area contributed by atoms with Gasteiger partial charge in [0.15, 0.2) is 0 Å². The van der Waals surface area contributed by atoms with Crippen molar-refractivity contribution in [3.8, 4) is 0 Å². The van der Waals surface area contributed by atoms with Gasteiger partial charge in [0, 0.05) is 6.42 Å². The summed E-state index contributed by atoms with van der Waals surface area (Å²) in [7, 11) is 0. The van der Waals surface area contributed by atoms with Gasteiger partial charge in [-0.1, -0.05) is 19.8 Å². The zero-order valence-electron chi connectivity index (χ0n) is 7.42. The lowest BCUT2D eigenvalue weighted by Crippen LogP contribution is -2.42. The maximum atomic E-state index is 13.2. The van der Waals surface area contributed by atoms with Crippen LogP contribution in [0, 0.1) is 0 Å². The third-order valence-corrected chi connectivity index (χ3v) is 1.80. The molecule has 0 unspecified atom stereocenters. The molecule has 4 nitrogen and oxygen atoms in total. The largest absolute Gasteiger partial charge is 0.478 e. The lowest BCUT2D eigenvalue weighted by atomic mass is 9.98. The lowest BCUT2D eigenvalue weighted by molar-refractivity contribution is -0.167. The van der Waals surface area contributed by atoms with Crippen molar-refractivity contribution >= 4 is 11.9 Å². The molecule has 0 aliphatic rings. The van der Waals surface area contributed by atoms with E-state index in [1.54, 1.807) is 0 Å². The van der Waals surface area contributed by atoms with E-state index < -0.39 is 24.0 Å². The van der Waals surface area contributed by atoms with Crippen molar-refractivity contribution in [3.63, 3.8) is 0 Å². The highest BCUT2D eigenvalue weighted by molar-refractivity contribution is 6.01. The molecular formula is C8H13FO4. The molecule has 0 radical (unpaired) electrons. The van der Waals surface area contributed by atoms with Gasteiger partial charge >= 0.3 is 17.6 Å². The first-order valence-electron chi connectivity index (χ1n) is 4.11. The zero-order valence-corrected chi connectivity index (χ0v) is 7.42. The van der Waals surface area contributed by atoms with E-state index in [9.17, 15) is 14.0 Å². The van der Waals surface area contributed by atoms with Crippen LogP contribution in [0.3, 0.4) is 0 Å². The first-order chi connectivity index (χ1) is 5.95. The topological polar surface area (TPSA) is 74.6 Å². The van der Waals surface area contributed by atoms with E-state index in [1.807, 2.05) is 6.92 Å². The van der Waals surface area contributed by atoms with Crippen LogP contribution in [0.1, 0.15) is 32.6 Å². The molecule has 0 amide bonds. The first kappa shape index (κ1) is 11.9. The van der Waals surface area contributed by atoms with E-state index in [2.05, 4.69) is 0 Å². The second-order valence-electron chi connectivity index (χ2n) is 2.87. The third kappa shape index (κ3) is 3.01. The Morgan fingerprint density at radius 3 is 2.00 bits per heavy atom. The number of carboxylic acid groups (broad SMARTS) is 2. The number of rotatable bonds is 6. The Bertz CT molecular complexity index is 188. The molecule has 0 aromatic carbocycles. The number of carboxylic acids is 2. The Labute approximate surface area is 75.4 Å². The molecule has 0 fully saturated rings. The average Bonchev–Trinajstić information content (AvgIpc) is 2.03. The normalized spacial score (nSPS) is 11.2. The van der Waals surface area contributed by atoms with E-state index in [-0.39, 0.29) is 6.42 Å². The molecule has 0 atom stereocenters. The fourth-order valence-corrected chi connectivity index (χ4v) is 0.924. The molecule has 0 spiro atoms. The second-order valence-corrected chi connectivity index (χ2v) is 2.87. The Hall–Kier alpha value is -1.13. The van der Waals surface area contributed by atoms with E-state index >= 15 is 0 Å². The number of hydrogen-bond acceptors (Lipinski definition) is 2. The van der Waals surface area contributed by atoms with Crippen LogP contribution < -0.4 is 0 Å². The summed E-state index contributed by atoms with van der Waals surface area (Å²) in [6.07, 6.45) is 1.22. The molecule has 0 aliphatic heterocycles. The Morgan fingerprint density at radius 1 is 1.23 bits per heavy atom. The molecule has 2 N–H and O–H groups in total. The fourth-order valence-electron chi connectivity index (χ4n) is 0.924. The van der Waals surface area contributed by atoms with Gasteiger partial charge in [0.05, 0.1) is 0 Å². The molecule has 0 rings (SSSR count). The van der Waals surface area contributed by atoms with Gasteiger partial charge in [0.1, 0.15) is 0 Å². The summed E-state index contributed by atoms with van der Waals surface area (Å²) in [5, 5.41) is 16.7. The molecule has 13 heavy (non-hydrogen) atoms. The summed E-state index contributed by atoms with van der Waals surface area (Å²) in [6, 6.07) is 0. The van der Waals surface area contributed by atoms with Crippen LogP contribution >= 0.6 is 0 Å². The van der Waals surface area contributed by atoms with Crippen molar-refractivity contribution < 1.29 is 24.2 Å². The van der Waals surface area contributed by atoms with Crippen LogP contribution in [0.5, 0.6) is 0 Å². The van der Waals surface area contributed by atoms with Crippen molar-refractivity contribution in [3.05, 3.63) is 0 Å². The van der Waals surface area contributed by atoms with Crippen LogP contribution in [-0.2, 0) is 9.59 Å². The number of hydrogen-bond donors (Lipinski definition) is 2. The molecule has 0 bridgehead atoms.